The van der Waals surface area contributed by atoms with Gasteiger partial charge in [-0.3, -0.25) is 14.5 Å². The molecule has 1 atom stereocenters. The van der Waals surface area contributed by atoms with Gasteiger partial charge in [-0.1, -0.05) is 0 Å². The van der Waals surface area contributed by atoms with Crippen molar-refractivity contribution in [2.75, 3.05) is 13.1 Å². The van der Waals surface area contributed by atoms with Gasteiger partial charge in [0, 0.05) is 18.5 Å². The van der Waals surface area contributed by atoms with E-state index in [0.29, 0.717) is 25.0 Å². The second-order valence-corrected chi connectivity index (χ2v) is 5.01. The first kappa shape index (κ1) is 11.6. The Labute approximate surface area is 96.4 Å². The largest absolute Gasteiger partial charge is 0.352 e. The number of likely N-dealkylation sites (tertiary alicyclic amines) is 1. The summed E-state index contributed by atoms with van der Waals surface area (Å²) in [5, 5.41) is 2.99. The van der Waals surface area contributed by atoms with E-state index in [1.807, 2.05) is 0 Å². The van der Waals surface area contributed by atoms with Gasteiger partial charge in [-0.25, -0.2) is 0 Å². The third-order valence-corrected chi connectivity index (χ3v) is 3.31. The molecule has 0 bridgehead atoms. The Bertz CT molecular complexity index is 287. The molecule has 0 spiro atoms. The highest BCUT2D eigenvalue weighted by Crippen LogP contribution is 2.21. The highest BCUT2D eigenvalue weighted by Gasteiger charge is 2.29. The summed E-state index contributed by atoms with van der Waals surface area (Å²) in [6.45, 7) is 3.05. The van der Waals surface area contributed by atoms with Crippen LogP contribution in [0.1, 0.15) is 39.0 Å². The summed E-state index contributed by atoms with van der Waals surface area (Å²) in [6, 6.07) is 0.726. The van der Waals surface area contributed by atoms with E-state index in [-0.39, 0.29) is 11.7 Å². The molecule has 1 unspecified atom stereocenters. The Hall–Kier alpha value is -0.900. The number of Topliss-reactive ketones (excluding diaryl/α,β-unsaturated/α-hetero) is 1. The van der Waals surface area contributed by atoms with E-state index < -0.39 is 0 Å². The van der Waals surface area contributed by atoms with Crippen LogP contribution in [0.2, 0.25) is 0 Å². The van der Waals surface area contributed by atoms with E-state index in [1.165, 1.54) is 0 Å². The van der Waals surface area contributed by atoms with Crippen LogP contribution in [0.4, 0.5) is 0 Å². The van der Waals surface area contributed by atoms with Crippen LogP contribution in [-0.2, 0) is 9.59 Å². The van der Waals surface area contributed by atoms with Gasteiger partial charge >= 0.3 is 0 Å². The average Bonchev–Trinajstić information content (AvgIpc) is 2.89. The van der Waals surface area contributed by atoms with Crippen LogP contribution in [0.3, 0.4) is 0 Å². The summed E-state index contributed by atoms with van der Waals surface area (Å²) in [5.74, 6) is 0.345. The van der Waals surface area contributed by atoms with Gasteiger partial charge in [-0.15, -0.1) is 0 Å². The standard InChI is InChI=1S/C12H20N2O2/c1-9(15)7-11-3-2-6-14(11)8-12(16)13-10-4-5-10/h10-11H,2-8H2,1H3,(H,13,16). The number of carbonyl (C=O) groups is 2. The fraction of sp³-hybridized carbons (Fsp3) is 0.833. The first-order chi connectivity index (χ1) is 7.65. The Morgan fingerprint density at radius 2 is 2.06 bits per heavy atom. The highest BCUT2D eigenvalue weighted by molar-refractivity contribution is 5.79. The van der Waals surface area contributed by atoms with Crippen LogP contribution in [0.15, 0.2) is 0 Å². The molecule has 4 heteroatoms. The van der Waals surface area contributed by atoms with Gasteiger partial charge in [-0.2, -0.15) is 0 Å². The molecule has 16 heavy (non-hydrogen) atoms. The van der Waals surface area contributed by atoms with Crippen molar-refractivity contribution in [1.82, 2.24) is 10.2 Å². The van der Waals surface area contributed by atoms with Crippen molar-refractivity contribution in [2.45, 2.75) is 51.1 Å². The van der Waals surface area contributed by atoms with Crippen LogP contribution >= 0.6 is 0 Å². The Morgan fingerprint density at radius 3 is 2.69 bits per heavy atom. The maximum Gasteiger partial charge on any atom is 0.234 e. The SMILES string of the molecule is CC(=O)CC1CCCN1CC(=O)NC1CC1. The van der Waals surface area contributed by atoms with Gasteiger partial charge in [-0.05, 0) is 39.2 Å². The molecule has 0 aromatic carbocycles. The lowest BCUT2D eigenvalue weighted by Crippen LogP contribution is -2.41. The first-order valence-electron chi connectivity index (χ1n) is 6.18. The predicted octanol–water partition coefficient (Wildman–Crippen LogP) is 0.708. The van der Waals surface area contributed by atoms with Gasteiger partial charge in [0.1, 0.15) is 5.78 Å². The summed E-state index contributed by atoms with van der Waals surface area (Å²) in [6.07, 6.45) is 5.01. The van der Waals surface area contributed by atoms with Gasteiger partial charge in [0.25, 0.3) is 0 Å². The molecule has 1 aliphatic heterocycles. The summed E-state index contributed by atoms with van der Waals surface area (Å²) < 4.78 is 0. The minimum Gasteiger partial charge on any atom is -0.352 e. The maximum absolute atomic E-state index is 11.6. The van der Waals surface area contributed by atoms with Crippen molar-refractivity contribution in [3.05, 3.63) is 0 Å². The van der Waals surface area contributed by atoms with Crippen LogP contribution < -0.4 is 5.32 Å². The molecular weight excluding hydrogens is 204 g/mol. The first-order valence-corrected chi connectivity index (χ1v) is 6.18. The number of hydrogen-bond acceptors (Lipinski definition) is 3. The van der Waals surface area contributed by atoms with Gasteiger partial charge in [0.05, 0.1) is 6.54 Å². The maximum atomic E-state index is 11.6. The molecule has 1 amide bonds. The zero-order chi connectivity index (χ0) is 11.5. The summed E-state index contributed by atoms with van der Waals surface area (Å²) >= 11 is 0. The molecule has 0 radical (unpaired) electrons. The Balaban J connectivity index is 1.77. The lowest BCUT2D eigenvalue weighted by Gasteiger charge is -2.22. The minimum atomic E-state index is 0.123. The number of nitrogens with one attached hydrogen (secondary N) is 1. The molecule has 1 heterocycles. The molecule has 0 aromatic heterocycles. The second-order valence-electron chi connectivity index (χ2n) is 5.01. The number of amides is 1. The monoisotopic (exact) mass is 224 g/mol. The van der Waals surface area contributed by atoms with Crippen LogP contribution in [0.5, 0.6) is 0 Å². The van der Waals surface area contributed by atoms with Crippen LogP contribution in [0.25, 0.3) is 0 Å². The lowest BCUT2D eigenvalue weighted by atomic mass is 10.1. The van der Waals surface area contributed by atoms with E-state index in [1.54, 1.807) is 6.92 Å². The zero-order valence-corrected chi connectivity index (χ0v) is 9.87. The lowest BCUT2D eigenvalue weighted by molar-refractivity contribution is -0.124. The number of carbonyl (C=O) groups excluding carboxylic acids is 2. The molecule has 2 rings (SSSR count). The van der Waals surface area contributed by atoms with Gasteiger partial charge < -0.3 is 5.32 Å². The highest BCUT2D eigenvalue weighted by atomic mass is 16.2. The Morgan fingerprint density at radius 1 is 1.31 bits per heavy atom. The van der Waals surface area contributed by atoms with E-state index in [9.17, 15) is 9.59 Å². The van der Waals surface area contributed by atoms with Crippen molar-refractivity contribution in [3.63, 3.8) is 0 Å². The predicted molar refractivity (Wildman–Crippen MR) is 61.1 cm³/mol. The van der Waals surface area contributed by atoms with Crippen molar-refractivity contribution >= 4 is 11.7 Å². The summed E-state index contributed by atoms with van der Waals surface area (Å²) in [5.41, 5.74) is 0. The van der Waals surface area contributed by atoms with E-state index >= 15 is 0 Å². The second kappa shape index (κ2) is 4.95. The molecule has 4 nitrogen and oxygen atoms in total. The van der Waals surface area contributed by atoms with E-state index in [4.69, 9.17) is 0 Å². The molecule has 1 saturated heterocycles. The smallest absolute Gasteiger partial charge is 0.234 e. The van der Waals surface area contributed by atoms with E-state index in [2.05, 4.69) is 10.2 Å². The number of nitrogens with zero attached hydrogens (tertiary/aromatic N) is 1. The molecule has 1 N–H and O–H groups in total. The molecule has 1 saturated carbocycles. The Kier molecular flexibility index (Phi) is 3.59. The van der Waals surface area contributed by atoms with Gasteiger partial charge in [0.2, 0.25) is 5.91 Å². The topological polar surface area (TPSA) is 49.4 Å². The molecular formula is C12H20N2O2. The fourth-order valence-corrected chi connectivity index (χ4v) is 2.35. The van der Waals surface area contributed by atoms with Gasteiger partial charge in [0.15, 0.2) is 0 Å². The van der Waals surface area contributed by atoms with Crippen LogP contribution in [0, 0.1) is 0 Å². The molecule has 0 aromatic rings. The van der Waals surface area contributed by atoms with Crippen LogP contribution in [-0.4, -0.2) is 41.8 Å². The minimum absolute atomic E-state index is 0.123. The summed E-state index contributed by atoms with van der Waals surface area (Å²) in [7, 11) is 0. The fourth-order valence-electron chi connectivity index (χ4n) is 2.35. The summed E-state index contributed by atoms with van der Waals surface area (Å²) in [4.78, 5) is 24.9. The molecule has 2 fully saturated rings. The molecule has 2 aliphatic rings. The number of rotatable bonds is 5. The normalized spacial score (nSPS) is 25.7. The molecule has 1 aliphatic carbocycles. The van der Waals surface area contributed by atoms with E-state index in [0.717, 1.165) is 32.2 Å². The average molecular weight is 224 g/mol. The third-order valence-electron chi connectivity index (χ3n) is 3.31. The number of hydrogen-bond donors (Lipinski definition) is 1. The van der Waals surface area contributed by atoms with Crippen molar-refractivity contribution in [3.8, 4) is 0 Å². The number of ketones is 1. The molecule has 90 valence electrons. The van der Waals surface area contributed by atoms with Crippen molar-refractivity contribution in [2.24, 2.45) is 0 Å². The zero-order valence-electron chi connectivity index (χ0n) is 9.87. The third kappa shape index (κ3) is 3.30. The van der Waals surface area contributed by atoms with Crippen molar-refractivity contribution < 1.29 is 9.59 Å². The quantitative estimate of drug-likeness (QED) is 0.748. The van der Waals surface area contributed by atoms with Crippen molar-refractivity contribution in [1.29, 1.82) is 0 Å².